The fourth-order valence-corrected chi connectivity index (χ4v) is 5.33. The smallest absolute Gasteiger partial charge is 0.285 e. The Morgan fingerprint density at radius 2 is 1.83 bits per heavy atom. The summed E-state index contributed by atoms with van der Waals surface area (Å²) in [5.74, 6) is -0.477. The van der Waals surface area contributed by atoms with Crippen molar-refractivity contribution in [3.05, 3.63) is 98.6 Å². The number of rotatable bonds is 4. The van der Waals surface area contributed by atoms with Crippen molar-refractivity contribution in [2.24, 2.45) is 0 Å². The van der Waals surface area contributed by atoms with Crippen LogP contribution in [0.5, 0.6) is 0 Å². The van der Waals surface area contributed by atoms with Gasteiger partial charge < -0.3 is 0 Å². The number of alkyl halides is 3. The maximum Gasteiger partial charge on any atom is 0.418 e. The monoisotopic (exact) mass is 496 g/mol. The average molecular weight is 497 g/mol. The van der Waals surface area contributed by atoms with Crippen LogP contribution in [0, 0.1) is 19.7 Å². The molecule has 0 saturated heterocycles. The minimum absolute atomic E-state index is 0.0449. The molecule has 0 bridgehead atoms. The van der Waals surface area contributed by atoms with Crippen LogP contribution in [0.15, 0.2) is 53.6 Å². The number of halogens is 4. The topological polar surface area (TPSA) is 60.7 Å². The number of hydrogen-bond acceptors (Lipinski definition) is 4. The Labute approximate surface area is 204 Å². The Bertz CT molecular complexity index is 1490. The molecular weight excluding hydrogens is 472 g/mol. The van der Waals surface area contributed by atoms with Crippen LogP contribution in [0.2, 0.25) is 0 Å². The third kappa shape index (κ3) is 4.38. The molecule has 1 aliphatic carbocycles. The first-order chi connectivity index (χ1) is 17.1. The number of fused-ring (bicyclic) bond motifs is 1. The highest BCUT2D eigenvalue weighted by molar-refractivity contribution is 5.71. The van der Waals surface area contributed by atoms with Crippen molar-refractivity contribution >= 4 is 11.2 Å². The molecule has 1 aromatic carbocycles. The quantitative estimate of drug-likeness (QED) is 0.322. The van der Waals surface area contributed by atoms with Gasteiger partial charge in [0.05, 0.1) is 23.5 Å². The Morgan fingerprint density at radius 1 is 1.06 bits per heavy atom. The molecule has 0 amide bonds. The zero-order valence-corrected chi connectivity index (χ0v) is 19.8. The number of benzene rings is 1. The van der Waals surface area contributed by atoms with E-state index >= 15 is 0 Å². The van der Waals surface area contributed by atoms with Gasteiger partial charge in [-0.1, -0.05) is 12.1 Å². The van der Waals surface area contributed by atoms with Gasteiger partial charge in [0, 0.05) is 18.0 Å². The molecule has 36 heavy (non-hydrogen) atoms. The summed E-state index contributed by atoms with van der Waals surface area (Å²) in [6, 6.07) is 8.85. The molecule has 2 unspecified atom stereocenters. The fraction of sp³-hybridized carbons (Fsp3) is 0.333. The van der Waals surface area contributed by atoms with Crippen molar-refractivity contribution in [1.82, 2.24) is 19.5 Å². The lowest BCUT2D eigenvalue weighted by Crippen LogP contribution is -2.28. The highest BCUT2D eigenvalue weighted by atomic mass is 19.4. The van der Waals surface area contributed by atoms with Gasteiger partial charge in [0.25, 0.3) is 5.56 Å². The largest absolute Gasteiger partial charge is 0.418 e. The van der Waals surface area contributed by atoms with E-state index in [4.69, 9.17) is 0 Å². The van der Waals surface area contributed by atoms with Crippen LogP contribution >= 0.6 is 0 Å². The van der Waals surface area contributed by atoms with Crippen molar-refractivity contribution in [1.29, 1.82) is 0 Å². The molecule has 1 fully saturated rings. The minimum Gasteiger partial charge on any atom is -0.285 e. The van der Waals surface area contributed by atoms with Gasteiger partial charge in [0.2, 0.25) is 0 Å². The van der Waals surface area contributed by atoms with E-state index in [9.17, 15) is 22.4 Å². The maximum atomic E-state index is 14.6. The molecule has 5 nitrogen and oxygen atoms in total. The van der Waals surface area contributed by atoms with Crippen LogP contribution in [-0.2, 0) is 12.7 Å². The second-order valence-electron chi connectivity index (χ2n) is 9.38. The molecule has 3 aromatic heterocycles. The van der Waals surface area contributed by atoms with Crippen LogP contribution in [0.1, 0.15) is 64.7 Å². The summed E-state index contributed by atoms with van der Waals surface area (Å²) in [4.78, 5) is 26.5. The van der Waals surface area contributed by atoms with Crippen LogP contribution in [-0.4, -0.2) is 19.5 Å². The average Bonchev–Trinajstić information content (AvgIpc) is 3.30. The minimum atomic E-state index is -4.61. The van der Waals surface area contributed by atoms with Crippen molar-refractivity contribution in [3.8, 4) is 0 Å². The lowest BCUT2D eigenvalue weighted by atomic mass is 9.90. The SMILES string of the molecule is Cc1cnc2cc(C3CCC(c4c(C)cccc4F)C3)c(=O)n(Cc3ncccc3C(F)(F)F)c2n1. The van der Waals surface area contributed by atoms with Crippen LogP contribution < -0.4 is 5.56 Å². The Morgan fingerprint density at radius 3 is 2.58 bits per heavy atom. The number of nitrogens with zero attached hydrogens (tertiary/aromatic N) is 4. The van der Waals surface area contributed by atoms with Gasteiger partial charge in [-0.05, 0) is 80.3 Å². The van der Waals surface area contributed by atoms with Crippen LogP contribution in [0.25, 0.3) is 11.2 Å². The van der Waals surface area contributed by atoms with E-state index in [0.717, 1.165) is 11.6 Å². The summed E-state index contributed by atoms with van der Waals surface area (Å²) < 4.78 is 56.8. The zero-order valence-electron chi connectivity index (χ0n) is 19.8. The van der Waals surface area contributed by atoms with Crippen molar-refractivity contribution in [2.75, 3.05) is 0 Å². The fourth-order valence-electron chi connectivity index (χ4n) is 5.33. The molecule has 0 N–H and O–H groups in total. The van der Waals surface area contributed by atoms with Crippen LogP contribution in [0.3, 0.4) is 0 Å². The van der Waals surface area contributed by atoms with Gasteiger partial charge in [0.1, 0.15) is 11.3 Å². The van der Waals surface area contributed by atoms with Gasteiger partial charge in [-0.25, -0.2) is 9.37 Å². The van der Waals surface area contributed by atoms with E-state index in [1.165, 1.54) is 22.9 Å². The number of aryl methyl sites for hydroxylation is 2. The molecular formula is C27H24F4N4O. The molecule has 2 atom stereocenters. The summed E-state index contributed by atoms with van der Waals surface area (Å²) in [6.45, 7) is 3.19. The normalized spacial score (nSPS) is 18.2. The second-order valence-corrected chi connectivity index (χ2v) is 9.38. The zero-order chi connectivity index (χ0) is 25.6. The first kappa shape index (κ1) is 24.1. The molecule has 1 saturated carbocycles. The maximum absolute atomic E-state index is 14.6. The number of aromatic nitrogens is 4. The predicted octanol–water partition coefficient (Wildman–Crippen LogP) is 6.06. The number of pyridine rings is 2. The second kappa shape index (κ2) is 9.11. The molecule has 9 heteroatoms. The summed E-state index contributed by atoms with van der Waals surface area (Å²) in [5.41, 5.74) is 1.59. The van der Waals surface area contributed by atoms with Gasteiger partial charge in [-0.2, -0.15) is 13.2 Å². The van der Waals surface area contributed by atoms with E-state index in [2.05, 4.69) is 15.0 Å². The van der Waals surface area contributed by atoms with E-state index in [1.54, 1.807) is 25.3 Å². The van der Waals surface area contributed by atoms with Crippen molar-refractivity contribution < 1.29 is 17.6 Å². The van der Waals surface area contributed by atoms with Gasteiger partial charge >= 0.3 is 6.18 Å². The summed E-state index contributed by atoms with van der Waals surface area (Å²) >= 11 is 0. The molecule has 0 spiro atoms. The first-order valence-corrected chi connectivity index (χ1v) is 11.8. The van der Waals surface area contributed by atoms with Crippen molar-refractivity contribution in [3.63, 3.8) is 0 Å². The third-order valence-corrected chi connectivity index (χ3v) is 7.00. The van der Waals surface area contributed by atoms with E-state index in [0.29, 0.717) is 41.6 Å². The lowest BCUT2D eigenvalue weighted by molar-refractivity contribution is -0.138. The summed E-state index contributed by atoms with van der Waals surface area (Å²) in [6.07, 6.45) is 0.162. The Hall–Kier alpha value is -3.62. The molecule has 0 aliphatic heterocycles. The first-order valence-electron chi connectivity index (χ1n) is 11.8. The van der Waals surface area contributed by atoms with E-state index in [-0.39, 0.29) is 35.5 Å². The van der Waals surface area contributed by atoms with E-state index < -0.39 is 17.3 Å². The molecule has 3 heterocycles. The molecule has 5 rings (SSSR count). The Kier molecular flexibility index (Phi) is 6.10. The molecule has 0 radical (unpaired) electrons. The standard InChI is InChI=1S/C27H24F4N4O/c1-15-5-3-7-21(28)24(15)18-9-8-17(11-18)19-12-22-25(34-16(2)13-33-22)35(26(19)36)14-23-20(27(29,30)31)6-4-10-32-23/h3-7,10,12-13,17-18H,8-9,11,14H2,1-2H3. The Balaban J connectivity index is 1.60. The van der Waals surface area contributed by atoms with Crippen LogP contribution in [0.4, 0.5) is 17.6 Å². The predicted molar refractivity (Wildman–Crippen MR) is 127 cm³/mol. The summed E-state index contributed by atoms with van der Waals surface area (Å²) in [5, 5.41) is 0. The van der Waals surface area contributed by atoms with E-state index in [1.807, 2.05) is 13.0 Å². The van der Waals surface area contributed by atoms with Gasteiger partial charge in [-0.15, -0.1) is 0 Å². The third-order valence-electron chi connectivity index (χ3n) is 7.00. The lowest BCUT2D eigenvalue weighted by Gasteiger charge is -2.18. The van der Waals surface area contributed by atoms with Gasteiger partial charge in [0.15, 0.2) is 5.65 Å². The highest BCUT2D eigenvalue weighted by Crippen LogP contribution is 2.44. The molecule has 1 aliphatic rings. The summed E-state index contributed by atoms with van der Waals surface area (Å²) in [7, 11) is 0. The van der Waals surface area contributed by atoms with Crippen molar-refractivity contribution in [2.45, 2.75) is 57.7 Å². The molecule has 4 aromatic rings. The van der Waals surface area contributed by atoms with Gasteiger partial charge in [-0.3, -0.25) is 19.3 Å². The molecule has 186 valence electrons. The highest BCUT2D eigenvalue weighted by Gasteiger charge is 2.35. The number of hydrogen-bond donors (Lipinski definition) is 0.